The molecular weight excluding hydrogens is 252 g/mol. The molecule has 1 rings (SSSR count). The highest BCUT2D eigenvalue weighted by Crippen LogP contribution is 2.20. The molecule has 0 radical (unpaired) electrons. The average molecular weight is 272 g/mol. The lowest BCUT2D eigenvalue weighted by Gasteiger charge is -2.06. The largest absolute Gasteiger partial charge is 0.496 e. The van der Waals surface area contributed by atoms with E-state index in [0.29, 0.717) is 6.54 Å². The number of unbranched alkanes of at least 4 members (excludes halogenated alkanes) is 1. The van der Waals surface area contributed by atoms with Crippen molar-refractivity contribution >= 4 is 12.0 Å². The van der Waals surface area contributed by atoms with Gasteiger partial charge >= 0.3 is 0 Å². The first kappa shape index (κ1) is 15.8. The fraction of sp³-hybridized carbons (Fsp3) is 0.375. The number of carbonyl (C=O) groups is 1. The van der Waals surface area contributed by atoms with Crippen molar-refractivity contribution in [2.75, 3.05) is 13.7 Å². The van der Waals surface area contributed by atoms with Gasteiger partial charge in [0.05, 0.1) is 7.11 Å². The quantitative estimate of drug-likeness (QED) is 0.492. The molecule has 1 aromatic carbocycles. The molecule has 1 N–H and O–H groups in total. The number of nitrogens with zero attached hydrogens (tertiary/aromatic N) is 1. The Morgan fingerprint density at radius 1 is 1.50 bits per heavy atom. The van der Waals surface area contributed by atoms with E-state index >= 15 is 0 Å². The van der Waals surface area contributed by atoms with Crippen LogP contribution in [0, 0.1) is 18.3 Å². The summed E-state index contributed by atoms with van der Waals surface area (Å²) in [5.74, 6) is 0.461. The van der Waals surface area contributed by atoms with Gasteiger partial charge in [0.2, 0.25) is 0 Å². The molecule has 0 unspecified atom stereocenters. The lowest BCUT2D eigenvalue weighted by atomic mass is 10.1. The van der Waals surface area contributed by atoms with E-state index in [1.165, 1.54) is 0 Å². The molecule has 0 aliphatic heterocycles. The Morgan fingerprint density at radius 3 is 2.80 bits per heavy atom. The zero-order valence-corrected chi connectivity index (χ0v) is 12.2. The number of rotatable bonds is 6. The summed E-state index contributed by atoms with van der Waals surface area (Å²) in [5.41, 5.74) is 1.89. The summed E-state index contributed by atoms with van der Waals surface area (Å²) in [4.78, 5) is 11.8. The Balaban J connectivity index is 2.86. The summed E-state index contributed by atoms with van der Waals surface area (Å²) in [5, 5.41) is 11.8. The molecule has 4 nitrogen and oxygen atoms in total. The number of ether oxygens (including phenoxy) is 1. The van der Waals surface area contributed by atoms with Crippen molar-refractivity contribution in [3.05, 3.63) is 34.9 Å². The predicted molar refractivity (Wildman–Crippen MR) is 79.2 cm³/mol. The fourth-order valence-corrected chi connectivity index (χ4v) is 1.78. The molecule has 1 aromatic rings. The van der Waals surface area contributed by atoms with Crippen molar-refractivity contribution in [2.24, 2.45) is 0 Å². The van der Waals surface area contributed by atoms with Crippen molar-refractivity contribution in [1.29, 1.82) is 5.26 Å². The SMILES string of the molecule is CCCCNC(=O)/C(C#N)=C/c1ccc(OC)c(C)c1. The summed E-state index contributed by atoms with van der Waals surface area (Å²) in [6.45, 7) is 4.56. The van der Waals surface area contributed by atoms with Gasteiger partial charge in [0.15, 0.2) is 0 Å². The molecule has 0 saturated heterocycles. The zero-order chi connectivity index (χ0) is 15.0. The summed E-state index contributed by atoms with van der Waals surface area (Å²) in [6, 6.07) is 7.47. The molecule has 0 aliphatic rings. The Labute approximate surface area is 120 Å². The third-order valence-corrected chi connectivity index (χ3v) is 2.91. The summed E-state index contributed by atoms with van der Waals surface area (Å²) in [7, 11) is 1.61. The van der Waals surface area contributed by atoms with Gasteiger partial charge in [-0.3, -0.25) is 4.79 Å². The van der Waals surface area contributed by atoms with Crippen LogP contribution >= 0.6 is 0 Å². The Bertz CT molecular complexity index is 542. The molecule has 0 atom stereocenters. The summed E-state index contributed by atoms with van der Waals surface area (Å²) in [6.07, 6.45) is 3.50. The van der Waals surface area contributed by atoms with Crippen molar-refractivity contribution < 1.29 is 9.53 Å². The topological polar surface area (TPSA) is 62.1 Å². The molecule has 20 heavy (non-hydrogen) atoms. The second-order valence-electron chi connectivity index (χ2n) is 4.51. The van der Waals surface area contributed by atoms with Gasteiger partial charge in [-0.25, -0.2) is 0 Å². The number of benzene rings is 1. The van der Waals surface area contributed by atoms with Crippen LogP contribution in [0.25, 0.3) is 6.08 Å². The minimum absolute atomic E-state index is 0.116. The molecule has 106 valence electrons. The molecule has 0 heterocycles. The van der Waals surface area contributed by atoms with Crippen LogP contribution in [0.1, 0.15) is 30.9 Å². The third-order valence-electron chi connectivity index (χ3n) is 2.91. The number of aryl methyl sites for hydroxylation is 1. The lowest BCUT2D eigenvalue weighted by Crippen LogP contribution is -2.25. The number of nitriles is 1. The van der Waals surface area contributed by atoms with Crippen LogP contribution in [0.4, 0.5) is 0 Å². The van der Waals surface area contributed by atoms with Gasteiger partial charge in [0.25, 0.3) is 5.91 Å². The van der Waals surface area contributed by atoms with Gasteiger partial charge in [-0.2, -0.15) is 5.26 Å². The minimum atomic E-state index is -0.325. The second-order valence-corrected chi connectivity index (χ2v) is 4.51. The smallest absolute Gasteiger partial charge is 0.261 e. The van der Waals surface area contributed by atoms with Gasteiger partial charge in [-0.05, 0) is 42.7 Å². The first-order valence-electron chi connectivity index (χ1n) is 6.67. The monoisotopic (exact) mass is 272 g/mol. The van der Waals surface area contributed by atoms with Gasteiger partial charge in [0, 0.05) is 6.54 Å². The molecule has 0 fully saturated rings. The van der Waals surface area contributed by atoms with E-state index in [0.717, 1.165) is 29.7 Å². The van der Waals surface area contributed by atoms with Crippen LogP contribution < -0.4 is 10.1 Å². The molecular formula is C16H20N2O2. The van der Waals surface area contributed by atoms with Crippen molar-refractivity contribution in [3.63, 3.8) is 0 Å². The van der Waals surface area contributed by atoms with Gasteiger partial charge in [-0.15, -0.1) is 0 Å². The Kier molecular flexibility index (Phi) is 6.31. The maximum absolute atomic E-state index is 11.8. The molecule has 0 saturated carbocycles. The zero-order valence-electron chi connectivity index (χ0n) is 12.2. The fourth-order valence-electron chi connectivity index (χ4n) is 1.78. The normalized spacial score (nSPS) is 10.8. The molecule has 1 amide bonds. The molecule has 0 aromatic heterocycles. The number of methoxy groups -OCH3 is 1. The van der Waals surface area contributed by atoms with E-state index < -0.39 is 0 Å². The van der Waals surface area contributed by atoms with E-state index in [2.05, 4.69) is 5.32 Å². The van der Waals surface area contributed by atoms with E-state index in [9.17, 15) is 4.79 Å². The van der Waals surface area contributed by atoms with Crippen LogP contribution in [0.2, 0.25) is 0 Å². The van der Waals surface area contributed by atoms with Gasteiger partial charge < -0.3 is 10.1 Å². The van der Waals surface area contributed by atoms with Gasteiger partial charge in [0.1, 0.15) is 17.4 Å². The highest BCUT2D eigenvalue weighted by atomic mass is 16.5. The Hall–Kier alpha value is -2.28. The summed E-state index contributed by atoms with van der Waals surface area (Å²) >= 11 is 0. The van der Waals surface area contributed by atoms with Gasteiger partial charge in [-0.1, -0.05) is 19.4 Å². The van der Waals surface area contributed by atoms with Crippen LogP contribution in [0.15, 0.2) is 23.8 Å². The average Bonchev–Trinajstić information content (AvgIpc) is 2.45. The predicted octanol–water partition coefficient (Wildman–Crippen LogP) is 2.83. The highest BCUT2D eigenvalue weighted by Gasteiger charge is 2.08. The number of hydrogen-bond acceptors (Lipinski definition) is 3. The van der Waals surface area contributed by atoms with Crippen LogP contribution in [0.3, 0.4) is 0 Å². The van der Waals surface area contributed by atoms with Crippen LogP contribution in [0.5, 0.6) is 5.75 Å². The maximum Gasteiger partial charge on any atom is 0.261 e. The number of carbonyl (C=O) groups excluding carboxylic acids is 1. The van der Waals surface area contributed by atoms with Crippen LogP contribution in [-0.2, 0) is 4.79 Å². The van der Waals surface area contributed by atoms with Crippen molar-refractivity contribution in [3.8, 4) is 11.8 Å². The van der Waals surface area contributed by atoms with E-state index in [1.54, 1.807) is 13.2 Å². The number of amides is 1. The van der Waals surface area contributed by atoms with Crippen molar-refractivity contribution in [1.82, 2.24) is 5.32 Å². The Morgan fingerprint density at radius 2 is 2.25 bits per heavy atom. The lowest BCUT2D eigenvalue weighted by molar-refractivity contribution is -0.117. The van der Waals surface area contributed by atoms with E-state index in [1.807, 2.05) is 38.1 Å². The maximum atomic E-state index is 11.8. The van der Waals surface area contributed by atoms with E-state index in [4.69, 9.17) is 10.00 Å². The molecule has 0 spiro atoms. The standard InChI is InChI=1S/C16H20N2O2/c1-4-5-8-18-16(19)14(11-17)10-13-6-7-15(20-3)12(2)9-13/h6-7,9-10H,4-5,8H2,1-3H3,(H,18,19)/b14-10+. The summed E-state index contributed by atoms with van der Waals surface area (Å²) < 4.78 is 5.18. The number of hydrogen-bond donors (Lipinski definition) is 1. The number of nitrogens with one attached hydrogen (secondary N) is 1. The van der Waals surface area contributed by atoms with Crippen LogP contribution in [-0.4, -0.2) is 19.6 Å². The molecule has 0 bridgehead atoms. The first-order valence-corrected chi connectivity index (χ1v) is 6.67. The van der Waals surface area contributed by atoms with Crippen molar-refractivity contribution in [2.45, 2.75) is 26.7 Å². The third kappa shape index (κ3) is 4.43. The molecule has 0 aliphatic carbocycles. The first-order chi connectivity index (χ1) is 9.62. The minimum Gasteiger partial charge on any atom is -0.496 e. The highest BCUT2D eigenvalue weighted by molar-refractivity contribution is 6.01. The van der Waals surface area contributed by atoms with E-state index in [-0.39, 0.29) is 11.5 Å². The molecule has 4 heteroatoms. The second kappa shape index (κ2) is 8.00.